The lowest BCUT2D eigenvalue weighted by molar-refractivity contribution is 0.936. The Kier molecular flexibility index (Phi) is 2.78. The fraction of sp³-hybridized carbons (Fsp3) is 0.385. The molecule has 1 aromatic heterocycles. The first-order chi connectivity index (χ1) is 7.26. The van der Waals surface area contributed by atoms with E-state index >= 15 is 0 Å². The summed E-state index contributed by atoms with van der Waals surface area (Å²) >= 11 is 0. The summed E-state index contributed by atoms with van der Waals surface area (Å²) in [6.45, 7) is 5.02. The fourth-order valence-electron chi connectivity index (χ4n) is 2.15. The summed E-state index contributed by atoms with van der Waals surface area (Å²) in [5.41, 5.74) is 10.9. The Balaban J connectivity index is 2.65. The molecule has 0 aliphatic heterocycles. The molecule has 1 aromatic carbocycles. The van der Waals surface area contributed by atoms with E-state index in [1.54, 1.807) is 0 Å². The summed E-state index contributed by atoms with van der Waals surface area (Å²) in [7, 11) is 0. The maximum Gasteiger partial charge on any atom is 0.0459 e. The number of aromatic amines is 1. The van der Waals surface area contributed by atoms with E-state index in [0.29, 0.717) is 6.54 Å². The highest BCUT2D eigenvalue weighted by Gasteiger charge is 2.08. The molecule has 0 atom stereocenters. The highest BCUT2D eigenvalue weighted by Crippen LogP contribution is 2.24. The van der Waals surface area contributed by atoms with E-state index < -0.39 is 0 Å². The van der Waals surface area contributed by atoms with Crippen LogP contribution in [0.15, 0.2) is 18.2 Å². The van der Waals surface area contributed by atoms with Crippen molar-refractivity contribution in [1.29, 1.82) is 0 Å². The second-order valence-corrected chi connectivity index (χ2v) is 4.02. The van der Waals surface area contributed by atoms with Crippen LogP contribution in [0.5, 0.6) is 0 Å². The molecule has 2 heteroatoms. The minimum Gasteiger partial charge on any atom is -0.358 e. The fourth-order valence-corrected chi connectivity index (χ4v) is 2.15. The molecule has 0 amide bonds. The lowest BCUT2D eigenvalue weighted by atomic mass is 10.0. The van der Waals surface area contributed by atoms with E-state index in [1.165, 1.54) is 27.7 Å². The number of fused-ring (bicyclic) bond motifs is 1. The first kappa shape index (κ1) is 10.2. The minimum atomic E-state index is 0.716. The third-order valence-corrected chi connectivity index (χ3v) is 2.90. The summed E-state index contributed by atoms with van der Waals surface area (Å²) in [6, 6.07) is 6.55. The Morgan fingerprint density at radius 2 is 2.13 bits per heavy atom. The SMILES string of the molecule is CCc1[nH]c2ccc(C)cc2c1CCN. The van der Waals surface area contributed by atoms with Crippen LogP contribution < -0.4 is 5.73 Å². The molecule has 0 aliphatic carbocycles. The van der Waals surface area contributed by atoms with Gasteiger partial charge >= 0.3 is 0 Å². The Labute approximate surface area is 90.5 Å². The van der Waals surface area contributed by atoms with Crippen molar-refractivity contribution >= 4 is 10.9 Å². The average Bonchev–Trinajstić information content (AvgIpc) is 2.57. The minimum absolute atomic E-state index is 0.716. The topological polar surface area (TPSA) is 41.8 Å². The molecule has 0 fully saturated rings. The lowest BCUT2D eigenvalue weighted by Gasteiger charge is -2.00. The maximum atomic E-state index is 5.66. The van der Waals surface area contributed by atoms with Gasteiger partial charge in [-0.25, -0.2) is 0 Å². The van der Waals surface area contributed by atoms with Crippen LogP contribution in [0.4, 0.5) is 0 Å². The molecule has 0 saturated heterocycles. The van der Waals surface area contributed by atoms with Gasteiger partial charge in [0.25, 0.3) is 0 Å². The van der Waals surface area contributed by atoms with Gasteiger partial charge in [-0.05, 0) is 44.0 Å². The molecule has 3 N–H and O–H groups in total. The molecule has 0 saturated carbocycles. The molecule has 80 valence electrons. The number of aromatic nitrogens is 1. The average molecular weight is 202 g/mol. The Bertz CT molecular complexity index is 469. The second kappa shape index (κ2) is 4.07. The van der Waals surface area contributed by atoms with Crippen molar-refractivity contribution in [3.05, 3.63) is 35.0 Å². The van der Waals surface area contributed by atoms with Gasteiger partial charge in [0.05, 0.1) is 0 Å². The van der Waals surface area contributed by atoms with Gasteiger partial charge in [-0.2, -0.15) is 0 Å². The zero-order chi connectivity index (χ0) is 10.8. The van der Waals surface area contributed by atoms with E-state index in [0.717, 1.165) is 12.8 Å². The molecule has 0 radical (unpaired) electrons. The number of H-pyrrole nitrogens is 1. The monoisotopic (exact) mass is 202 g/mol. The first-order valence-electron chi connectivity index (χ1n) is 5.56. The van der Waals surface area contributed by atoms with Gasteiger partial charge in [-0.3, -0.25) is 0 Å². The number of benzene rings is 1. The Morgan fingerprint density at radius 1 is 1.33 bits per heavy atom. The molecular weight excluding hydrogens is 184 g/mol. The summed E-state index contributed by atoms with van der Waals surface area (Å²) in [5.74, 6) is 0. The predicted octanol–water partition coefficient (Wildman–Crippen LogP) is 2.54. The number of nitrogens with two attached hydrogens (primary N) is 1. The Hall–Kier alpha value is -1.28. The standard InChI is InChI=1S/C13H18N2/c1-3-12-10(6-7-14)11-8-9(2)4-5-13(11)15-12/h4-5,8,15H,3,6-7,14H2,1-2H3. The van der Waals surface area contributed by atoms with Crippen LogP contribution in [0.1, 0.15) is 23.7 Å². The molecule has 0 bridgehead atoms. The summed E-state index contributed by atoms with van der Waals surface area (Å²) in [6.07, 6.45) is 2.01. The van der Waals surface area contributed by atoms with Crippen LogP contribution in [0.25, 0.3) is 10.9 Å². The van der Waals surface area contributed by atoms with Gasteiger partial charge in [0, 0.05) is 16.6 Å². The summed E-state index contributed by atoms with van der Waals surface area (Å²) in [5, 5.41) is 1.34. The number of rotatable bonds is 3. The van der Waals surface area contributed by atoms with Gasteiger partial charge in [0.1, 0.15) is 0 Å². The van der Waals surface area contributed by atoms with Crippen LogP contribution in [0.3, 0.4) is 0 Å². The van der Waals surface area contributed by atoms with E-state index in [1.807, 2.05) is 0 Å². The molecule has 1 heterocycles. The molecule has 0 unspecified atom stereocenters. The van der Waals surface area contributed by atoms with Crippen LogP contribution in [-0.4, -0.2) is 11.5 Å². The quantitative estimate of drug-likeness (QED) is 0.789. The molecule has 0 aliphatic rings. The molecule has 2 aromatic rings. The maximum absolute atomic E-state index is 5.66. The summed E-state index contributed by atoms with van der Waals surface area (Å²) in [4.78, 5) is 3.47. The van der Waals surface area contributed by atoms with Crippen molar-refractivity contribution in [2.75, 3.05) is 6.54 Å². The van der Waals surface area contributed by atoms with E-state index in [2.05, 4.69) is 37.0 Å². The second-order valence-electron chi connectivity index (χ2n) is 4.02. The predicted molar refractivity (Wildman–Crippen MR) is 65.2 cm³/mol. The van der Waals surface area contributed by atoms with Crippen molar-refractivity contribution in [1.82, 2.24) is 4.98 Å². The van der Waals surface area contributed by atoms with Crippen molar-refractivity contribution in [3.63, 3.8) is 0 Å². The highest BCUT2D eigenvalue weighted by atomic mass is 14.7. The zero-order valence-corrected chi connectivity index (χ0v) is 9.43. The normalized spacial score (nSPS) is 11.1. The van der Waals surface area contributed by atoms with E-state index in [4.69, 9.17) is 5.73 Å². The van der Waals surface area contributed by atoms with Crippen molar-refractivity contribution in [2.24, 2.45) is 5.73 Å². The number of nitrogens with one attached hydrogen (secondary N) is 1. The number of hydrogen-bond acceptors (Lipinski definition) is 1. The number of aryl methyl sites for hydroxylation is 2. The largest absolute Gasteiger partial charge is 0.358 e. The molecule has 0 spiro atoms. The summed E-state index contributed by atoms with van der Waals surface area (Å²) < 4.78 is 0. The van der Waals surface area contributed by atoms with Gasteiger partial charge in [-0.15, -0.1) is 0 Å². The highest BCUT2D eigenvalue weighted by molar-refractivity contribution is 5.85. The van der Waals surface area contributed by atoms with Gasteiger partial charge < -0.3 is 10.7 Å². The molecule has 2 rings (SSSR count). The lowest BCUT2D eigenvalue weighted by Crippen LogP contribution is -2.04. The van der Waals surface area contributed by atoms with Crippen LogP contribution >= 0.6 is 0 Å². The van der Waals surface area contributed by atoms with Crippen LogP contribution in [0, 0.1) is 6.92 Å². The zero-order valence-electron chi connectivity index (χ0n) is 9.43. The third kappa shape index (κ3) is 1.77. The van der Waals surface area contributed by atoms with Crippen LogP contribution in [0.2, 0.25) is 0 Å². The Morgan fingerprint density at radius 3 is 2.80 bits per heavy atom. The van der Waals surface area contributed by atoms with Gasteiger partial charge in [0.15, 0.2) is 0 Å². The van der Waals surface area contributed by atoms with Crippen molar-refractivity contribution in [3.8, 4) is 0 Å². The van der Waals surface area contributed by atoms with Gasteiger partial charge in [-0.1, -0.05) is 18.6 Å². The molecular formula is C13H18N2. The molecule has 2 nitrogen and oxygen atoms in total. The molecule has 15 heavy (non-hydrogen) atoms. The van der Waals surface area contributed by atoms with Crippen molar-refractivity contribution in [2.45, 2.75) is 26.7 Å². The first-order valence-corrected chi connectivity index (χ1v) is 5.56. The van der Waals surface area contributed by atoms with E-state index in [9.17, 15) is 0 Å². The van der Waals surface area contributed by atoms with Crippen LogP contribution in [-0.2, 0) is 12.8 Å². The van der Waals surface area contributed by atoms with Gasteiger partial charge in [0.2, 0.25) is 0 Å². The number of hydrogen-bond donors (Lipinski definition) is 2. The van der Waals surface area contributed by atoms with E-state index in [-0.39, 0.29) is 0 Å². The van der Waals surface area contributed by atoms with Crippen molar-refractivity contribution < 1.29 is 0 Å². The third-order valence-electron chi connectivity index (χ3n) is 2.90. The smallest absolute Gasteiger partial charge is 0.0459 e.